The number of hydrogen-bond donors (Lipinski definition) is 3. The normalized spacial score (nSPS) is 15.4. The molecule has 0 fully saturated rings. The summed E-state index contributed by atoms with van der Waals surface area (Å²) in [5, 5.41) is 17.0. The van der Waals surface area contributed by atoms with Crippen molar-refractivity contribution in [2.45, 2.75) is 37.7 Å². The van der Waals surface area contributed by atoms with Gasteiger partial charge in [-0.1, -0.05) is 55.9 Å². The summed E-state index contributed by atoms with van der Waals surface area (Å²) in [6.07, 6.45) is 3.43. The van der Waals surface area contributed by atoms with Crippen LogP contribution >= 0.6 is 11.8 Å². The number of aromatic hydroxyl groups is 1. The molecule has 0 bridgehead atoms. The van der Waals surface area contributed by atoms with E-state index >= 15 is 0 Å². The first-order valence-electron chi connectivity index (χ1n) is 12.8. The monoisotopic (exact) mass is 555 g/mol. The molecular formula is C30H29N5O4S. The topological polar surface area (TPSA) is 132 Å². The van der Waals surface area contributed by atoms with Gasteiger partial charge in [-0.05, 0) is 59.5 Å². The van der Waals surface area contributed by atoms with Gasteiger partial charge in [-0.15, -0.1) is 0 Å². The maximum atomic E-state index is 13.1. The van der Waals surface area contributed by atoms with Gasteiger partial charge < -0.3 is 20.9 Å². The molecule has 0 saturated carbocycles. The first-order chi connectivity index (χ1) is 19.3. The molecule has 4 aromatic rings. The van der Waals surface area contributed by atoms with Gasteiger partial charge in [0.05, 0.1) is 22.0 Å². The van der Waals surface area contributed by atoms with Crippen LogP contribution in [0.2, 0.25) is 0 Å². The summed E-state index contributed by atoms with van der Waals surface area (Å²) in [6.45, 7) is 4.28. The van der Waals surface area contributed by atoms with Crippen LogP contribution in [-0.4, -0.2) is 43.2 Å². The molecule has 40 heavy (non-hydrogen) atoms. The third-order valence-electron chi connectivity index (χ3n) is 6.48. The average molecular weight is 556 g/mol. The molecule has 1 aliphatic rings. The molecule has 4 N–H and O–H groups in total. The Hall–Kier alpha value is -4.57. The first-order valence-corrected chi connectivity index (χ1v) is 13.7. The van der Waals surface area contributed by atoms with Gasteiger partial charge >= 0.3 is 0 Å². The summed E-state index contributed by atoms with van der Waals surface area (Å²) >= 11 is 1.22. The van der Waals surface area contributed by atoms with E-state index in [1.165, 1.54) is 35.7 Å². The molecule has 5 rings (SSSR count). The van der Waals surface area contributed by atoms with Crippen molar-refractivity contribution in [1.29, 1.82) is 0 Å². The summed E-state index contributed by atoms with van der Waals surface area (Å²) in [5.74, 6) is -0.634. The lowest BCUT2D eigenvalue weighted by molar-refractivity contribution is -0.130. The smallest absolute Gasteiger partial charge is 0.272 e. The Labute approximate surface area is 236 Å². The van der Waals surface area contributed by atoms with Crippen LogP contribution in [0.3, 0.4) is 0 Å². The number of carbonyl (C=O) groups excluding carboxylic acids is 2. The number of amides is 2. The minimum Gasteiger partial charge on any atom is -0.508 e. The summed E-state index contributed by atoms with van der Waals surface area (Å²) in [4.78, 5) is 30.3. The van der Waals surface area contributed by atoms with Crippen molar-refractivity contribution in [1.82, 2.24) is 20.1 Å². The summed E-state index contributed by atoms with van der Waals surface area (Å²) in [5.41, 5.74) is 9.62. The number of nitrogens with zero attached hydrogens (tertiary/aromatic N) is 3. The van der Waals surface area contributed by atoms with Crippen molar-refractivity contribution >= 4 is 28.5 Å². The fraction of sp³-hybridized carbons (Fsp3) is 0.200. The SMILES string of the molecule is CC(C)c1ccc(-n2nc(-c3ccccn3)cc2C2=COC(C(=O)NC(Cc3ccc(O)cc3)C(N)=O)S2)cc1. The number of phenolic OH excluding ortho intramolecular Hbond substituents is 1. The summed E-state index contributed by atoms with van der Waals surface area (Å²) in [6, 6.07) is 21.2. The lowest BCUT2D eigenvalue weighted by Crippen LogP contribution is -2.48. The maximum Gasteiger partial charge on any atom is 0.272 e. The number of pyridine rings is 1. The number of primary amides is 1. The van der Waals surface area contributed by atoms with Crippen LogP contribution in [0.5, 0.6) is 5.75 Å². The van der Waals surface area contributed by atoms with E-state index < -0.39 is 23.3 Å². The standard InChI is InChI=1S/C30H29N5O4S/c1-18(2)20-8-10-21(11-9-20)35-26(16-24(34-35)23-5-3-4-14-32-23)27-17-39-30(40-27)29(38)33-25(28(31)37)15-19-6-12-22(36)13-7-19/h3-14,16-18,25,30,36H,15H2,1-2H3,(H2,31,37)(H,33,38). The van der Waals surface area contributed by atoms with Crippen LogP contribution in [0, 0.1) is 0 Å². The Kier molecular flexibility index (Phi) is 7.88. The number of nitrogens with one attached hydrogen (secondary N) is 1. The summed E-state index contributed by atoms with van der Waals surface area (Å²) < 4.78 is 7.54. The van der Waals surface area contributed by atoms with E-state index in [0.29, 0.717) is 16.5 Å². The Morgan fingerprint density at radius 2 is 1.82 bits per heavy atom. The fourth-order valence-corrected chi connectivity index (χ4v) is 5.15. The van der Waals surface area contributed by atoms with Crippen molar-refractivity contribution in [2.75, 3.05) is 0 Å². The van der Waals surface area contributed by atoms with Gasteiger partial charge in [0.15, 0.2) is 0 Å². The number of thioether (sulfide) groups is 1. The minimum atomic E-state index is -0.939. The Morgan fingerprint density at radius 3 is 2.48 bits per heavy atom. The lowest BCUT2D eigenvalue weighted by atomic mass is 10.0. The van der Waals surface area contributed by atoms with Gasteiger partial charge in [-0.3, -0.25) is 14.6 Å². The molecule has 0 radical (unpaired) electrons. The number of benzene rings is 2. The molecule has 1 aliphatic heterocycles. The van der Waals surface area contributed by atoms with E-state index in [0.717, 1.165) is 22.6 Å². The first kappa shape index (κ1) is 27.0. The van der Waals surface area contributed by atoms with Crippen molar-refractivity contribution in [3.63, 3.8) is 0 Å². The number of carbonyl (C=O) groups is 2. The second-order valence-corrected chi connectivity index (χ2v) is 10.8. The number of aromatic nitrogens is 3. The molecule has 2 atom stereocenters. The Balaban J connectivity index is 1.36. The Morgan fingerprint density at radius 1 is 1.07 bits per heavy atom. The van der Waals surface area contributed by atoms with Crippen LogP contribution in [0.15, 0.2) is 85.3 Å². The molecule has 204 valence electrons. The second-order valence-electron chi connectivity index (χ2n) is 9.69. The van der Waals surface area contributed by atoms with E-state index in [1.807, 2.05) is 41.1 Å². The van der Waals surface area contributed by atoms with Crippen molar-refractivity contribution in [3.05, 3.63) is 102 Å². The Bertz CT molecular complexity index is 1530. The van der Waals surface area contributed by atoms with Crippen molar-refractivity contribution in [2.24, 2.45) is 5.73 Å². The lowest BCUT2D eigenvalue weighted by Gasteiger charge is -2.18. The fourth-order valence-electron chi connectivity index (χ4n) is 4.25. The zero-order valence-electron chi connectivity index (χ0n) is 22.0. The van der Waals surface area contributed by atoms with E-state index in [1.54, 1.807) is 18.3 Å². The molecule has 2 unspecified atom stereocenters. The van der Waals surface area contributed by atoms with E-state index in [-0.39, 0.29) is 12.2 Å². The van der Waals surface area contributed by atoms with Crippen LogP contribution in [0.25, 0.3) is 22.0 Å². The van der Waals surface area contributed by atoms with Gasteiger partial charge in [0.25, 0.3) is 5.91 Å². The third-order valence-corrected chi connectivity index (χ3v) is 7.57. The number of phenols is 1. The highest BCUT2D eigenvalue weighted by molar-refractivity contribution is 8.09. The average Bonchev–Trinajstić information content (AvgIpc) is 3.62. The molecule has 3 heterocycles. The highest BCUT2D eigenvalue weighted by Crippen LogP contribution is 2.40. The highest BCUT2D eigenvalue weighted by atomic mass is 32.2. The molecule has 2 aromatic heterocycles. The van der Waals surface area contributed by atoms with E-state index in [4.69, 9.17) is 15.6 Å². The second kappa shape index (κ2) is 11.7. The molecular weight excluding hydrogens is 526 g/mol. The third kappa shape index (κ3) is 6.02. The molecule has 2 amide bonds. The van der Waals surface area contributed by atoms with E-state index in [2.05, 4.69) is 36.3 Å². The highest BCUT2D eigenvalue weighted by Gasteiger charge is 2.32. The molecule has 9 nitrogen and oxygen atoms in total. The predicted molar refractivity (Wildman–Crippen MR) is 154 cm³/mol. The van der Waals surface area contributed by atoms with Crippen molar-refractivity contribution in [3.8, 4) is 22.8 Å². The van der Waals surface area contributed by atoms with Crippen LogP contribution in [0.1, 0.15) is 36.6 Å². The van der Waals surface area contributed by atoms with Gasteiger partial charge in [-0.25, -0.2) is 4.68 Å². The molecule has 0 spiro atoms. The molecule has 10 heteroatoms. The number of rotatable bonds is 9. The quantitative estimate of drug-likeness (QED) is 0.279. The van der Waals surface area contributed by atoms with Gasteiger partial charge in [0, 0.05) is 12.6 Å². The number of ether oxygens (including phenoxy) is 1. The number of nitrogens with two attached hydrogens (primary N) is 1. The molecule has 0 aliphatic carbocycles. The largest absolute Gasteiger partial charge is 0.508 e. The maximum absolute atomic E-state index is 13.1. The van der Waals surface area contributed by atoms with E-state index in [9.17, 15) is 14.7 Å². The predicted octanol–water partition coefficient (Wildman–Crippen LogP) is 4.36. The van der Waals surface area contributed by atoms with Crippen molar-refractivity contribution < 1.29 is 19.4 Å². The van der Waals surface area contributed by atoms with Gasteiger partial charge in [0.1, 0.15) is 23.7 Å². The zero-order valence-corrected chi connectivity index (χ0v) is 22.8. The van der Waals surface area contributed by atoms with Crippen LogP contribution in [-0.2, 0) is 20.7 Å². The van der Waals surface area contributed by atoms with Crippen LogP contribution in [0.4, 0.5) is 0 Å². The molecule has 2 aromatic carbocycles. The summed E-state index contributed by atoms with van der Waals surface area (Å²) in [7, 11) is 0. The van der Waals surface area contributed by atoms with Crippen LogP contribution < -0.4 is 11.1 Å². The minimum absolute atomic E-state index is 0.110. The van der Waals surface area contributed by atoms with Gasteiger partial charge in [0.2, 0.25) is 11.3 Å². The number of hydrogen-bond acceptors (Lipinski definition) is 7. The molecule has 0 saturated heterocycles. The van der Waals surface area contributed by atoms with Gasteiger partial charge in [-0.2, -0.15) is 5.10 Å². The zero-order chi connectivity index (χ0) is 28.2.